The second kappa shape index (κ2) is 7.70. The third-order valence-electron chi connectivity index (χ3n) is 3.39. The number of aromatic nitrogens is 3. The van der Waals surface area contributed by atoms with Crippen LogP contribution in [-0.4, -0.2) is 22.3 Å². The highest BCUT2D eigenvalue weighted by Crippen LogP contribution is 2.29. The molecule has 0 spiro atoms. The van der Waals surface area contributed by atoms with Gasteiger partial charge < -0.3 is 14.8 Å². The second-order valence-corrected chi connectivity index (χ2v) is 5.53. The fourth-order valence-electron chi connectivity index (χ4n) is 2.21. The Labute approximate surface area is 144 Å². The Balaban J connectivity index is 1.65. The van der Waals surface area contributed by atoms with Crippen LogP contribution in [-0.2, 0) is 13.2 Å². The molecule has 24 heavy (non-hydrogen) atoms. The van der Waals surface area contributed by atoms with Crippen LogP contribution in [0.25, 0.3) is 0 Å². The number of aromatic amines is 1. The molecule has 2 aromatic carbocycles. The van der Waals surface area contributed by atoms with Gasteiger partial charge in [-0.05, 0) is 35.4 Å². The predicted molar refractivity (Wildman–Crippen MR) is 92.5 cm³/mol. The second-order valence-electron chi connectivity index (χ2n) is 5.09. The van der Waals surface area contributed by atoms with Crippen molar-refractivity contribution in [2.45, 2.75) is 13.2 Å². The lowest BCUT2D eigenvalue weighted by Crippen LogP contribution is -2.02. The van der Waals surface area contributed by atoms with Crippen molar-refractivity contribution in [1.29, 1.82) is 0 Å². The lowest BCUT2D eigenvalue weighted by atomic mass is 10.2. The molecule has 1 aromatic heterocycles. The van der Waals surface area contributed by atoms with Gasteiger partial charge in [0.2, 0.25) is 5.95 Å². The van der Waals surface area contributed by atoms with Gasteiger partial charge in [0.25, 0.3) is 0 Å². The molecule has 0 aliphatic carbocycles. The van der Waals surface area contributed by atoms with E-state index in [0.29, 0.717) is 35.6 Å². The van der Waals surface area contributed by atoms with E-state index in [0.717, 1.165) is 11.1 Å². The Morgan fingerprint density at radius 1 is 1.12 bits per heavy atom. The van der Waals surface area contributed by atoms with Gasteiger partial charge in [-0.15, -0.1) is 0 Å². The Bertz CT molecular complexity index is 793. The fourth-order valence-corrected chi connectivity index (χ4v) is 2.42. The van der Waals surface area contributed by atoms with Crippen LogP contribution >= 0.6 is 11.6 Å². The topological polar surface area (TPSA) is 72.1 Å². The van der Waals surface area contributed by atoms with Gasteiger partial charge in [0, 0.05) is 11.6 Å². The van der Waals surface area contributed by atoms with E-state index < -0.39 is 0 Å². The zero-order chi connectivity index (χ0) is 16.8. The number of anilines is 1. The molecule has 0 radical (unpaired) electrons. The first-order valence-electron chi connectivity index (χ1n) is 7.38. The van der Waals surface area contributed by atoms with Gasteiger partial charge in [-0.3, -0.25) is 0 Å². The zero-order valence-electron chi connectivity index (χ0n) is 13.1. The van der Waals surface area contributed by atoms with E-state index in [9.17, 15) is 0 Å². The standard InChI is InChI=1S/C17H17ClN4O2/c1-23-16-8-12(9-19-17-20-11-21-22-17)5-6-15(16)24-10-13-3-2-4-14(18)7-13/h2-8,11H,9-10H2,1H3,(H2,19,20,21,22). The maximum absolute atomic E-state index is 5.98. The number of methoxy groups -OCH3 is 1. The van der Waals surface area contributed by atoms with Crippen molar-refractivity contribution in [3.05, 3.63) is 64.9 Å². The third-order valence-corrected chi connectivity index (χ3v) is 3.62. The maximum Gasteiger partial charge on any atom is 0.218 e. The zero-order valence-corrected chi connectivity index (χ0v) is 13.9. The van der Waals surface area contributed by atoms with E-state index in [1.54, 1.807) is 7.11 Å². The van der Waals surface area contributed by atoms with Crippen LogP contribution in [0.1, 0.15) is 11.1 Å². The van der Waals surface area contributed by atoms with Gasteiger partial charge in [0.1, 0.15) is 12.9 Å². The number of hydrogen-bond acceptors (Lipinski definition) is 5. The molecule has 6 nitrogen and oxygen atoms in total. The van der Waals surface area contributed by atoms with Crippen molar-refractivity contribution in [1.82, 2.24) is 15.2 Å². The molecule has 0 fully saturated rings. The third kappa shape index (κ3) is 4.17. The molecule has 124 valence electrons. The monoisotopic (exact) mass is 344 g/mol. The summed E-state index contributed by atoms with van der Waals surface area (Å²) >= 11 is 5.98. The Morgan fingerprint density at radius 3 is 2.79 bits per heavy atom. The molecule has 0 bridgehead atoms. The SMILES string of the molecule is COc1cc(CNc2ncn[nH]2)ccc1OCc1cccc(Cl)c1. The van der Waals surface area contributed by atoms with Crippen LogP contribution in [0, 0.1) is 0 Å². The van der Waals surface area contributed by atoms with Crippen molar-refractivity contribution >= 4 is 17.5 Å². The average Bonchev–Trinajstić information content (AvgIpc) is 3.12. The van der Waals surface area contributed by atoms with E-state index >= 15 is 0 Å². The van der Waals surface area contributed by atoms with Crippen molar-refractivity contribution in [3.63, 3.8) is 0 Å². The number of benzene rings is 2. The van der Waals surface area contributed by atoms with Crippen LogP contribution < -0.4 is 14.8 Å². The maximum atomic E-state index is 5.98. The Hall–Kier alpha value is -2.73. The molecule has 0 unspecified atom stereocenters. The summed E-state index contributed by atoms with van der Waals surface area (Å²) in [6.45, 7) is 1.02. The minimum absolute atomic E-state index is 0.423. The number of halogens is 1. The highest BCUT2D eigenvalue weighted by molar-refractivity contribution is 6.30. The van der Waals surface area contributed by atoms with Crippen molar-refractivity contribution in [3.8, 4) is 11.5 Å². The van der Waals surface area contributed by atoms with E-state index in [-0.39, 0.29) is 0 Å². The fraction of sp³-hybridized carbons (Fsp3) is 0.176. The largest absolute Gasteiger partial charge is 0.493 e. The number of H-pyrrole nitrogens is 1. The molecule has 0 saturated heterocycles. The van der Waals surface area contributed by atoms with Crippen LogP contribution in [0.4, 0.5) is 5.95 Å². The van der Waals surface area contributed by atoms with Crippen LogP contribution in [0.2, 0.25) is 5.02 Å². The molecule has 0 aliphatic rings. The highest BCUT2D eigenvalue weighted by atomic mass is 35.5. The molecule has 0 saturated carbocycles. The van der Waals surface area contributed by atoms with Gasteiger partial charge in [0.15, 0.2) is 11.5 Å². The van der Waals surface area contributed by atoms with Crippen LogP contribution in [0.5, 0.6) is 11.5 Å². The summed E-state index contributed by atoms with van der Waals surface area (Å²) < 4.78 is 11.3. The Morgan fingerprint density at radius 2 is 2.04 bits per heavy atom. The molecule has 1 heterocycles. The average molecular weight is 345 g/mol. The molecule has 0 aliphatic heterocycles. The predicted octanol–water partition coefficient (Wildman–Crippen LogP) is 3.66. The molecule has 2 N–H and O–H groups in total. The summed E-state index contributed by atoms with van der Waals surface area (Å²) in [6, 6.07) is 13.4. The normalized spacial score (nSPS) is 10.4. The smallest absolute Gasteiger partial charge is 0.218 e. The Kier molecular flexibility index (Phi) is 5.18. The molecule has 0 amide bonds. The summed E-state index contributed by atoms with van der Waals surface area (Å²) in [6.07, 6.45) is 1.45. The molecule has 0 atom stereocenters. The molecule has 3 aromatic rings. The number of rotatable bonds is 7. The number of hydrogen-bond donors (Lipinski definition) is 2. The highest BCUT2D eigenvalue weighted by Gasteiger charge is 2.07. The number of nitrogens with zero attached hydrogens (tertiary/aromatic N) is 2. The number of nitrogens with one attached hydrogen (secondary N) is 2. The molecular formula is C17H17ClN4O2. The van der Waals surface area contributed by atoms with Crippen molar-refractivity contribution in [2.75, 3.05) is 12.4 Å². The molecule has 3 rings (SSSR count). The lowest BCUT2D eigenvalue weighted by Gasteiger charge is -2.12. The van der Waals surface area contributed by atoms with Crippen LogP contribution in [0.3, 0.4) is 0 Å². The first-order valence-corrected chi connectivity index (χ1v) is 7.76. The van der Waals surface area contributed by atoms with Gasteiger partial charge in [-0.1, -0.05) is 29.8 Å². The summed E-state index contributed by atoms with van der Waals surface area (Å²) in [5.41, 5.74) is 2.04. The first-order chi connectivity index (χ1) is 11.7. The quantitative estimate of drug-likeness (QED) is 0.684. The molecular weight excluding hydrogens is 328 g/mol. The van der Waals surface area contributed by atoms with E-state index in [1.165, 1.54) is 6.33 Å². The van der Waals surface area contributed by atoms with Gasteiger partial charge in [0.05, 0.1) is 7.11 Å². The first kappa shape index (κ1) is 16.1. The minimum Gasteiger partial charge on any atom is -0.493 e. The van der Waals surface area contributed by atoms with Gasteiger partial charge in [-0.2, -0.15) is 5.10 Å². The van der Waals surface area contributed by atoms with E-state index in [2.05, 4.69) is 20.5 Å². The lowest BCUT2D eigenvalue weighted by molar-refractivity contribution is 0.284. The van der Waals surface area contributed by atoms with Crippen molar-refractivity contribution < 1.29 is 9.47 Å². The number of ether oxygens (including phenoxy) is 2. The summed E-state index contributed by atoms with van der Waals surface area (Å²) in [5, 5.41) is 10.4. The van der Waals surface area contributed by atoms with Gasteiger partial charge >= 0.3 is 0 Å². The van der Waals surface area contributed by atoms with Gasteiger partial charge in [-0.25, -0.2) is 10.1 Å². The van der Waals surface area contributed by atoms with E-state index in [4.69, 9.17) is 21.1 Å². The molecule has 7 heteroatoms. The summed E-state index contributed by atoms with van der Waals surface area (Å²) in [4.78, 5) is 4.02. The summed E-state index contributed by atoms with van der Waals surface area (Å²) in [5.74, 6) is 1.98. The summed E-state index contributed by atoms with van der Waals surface area (Å²) in [7, 11) is 1.62. The minimum atomic E-state index is 0.423. The van der Waals surface area contributed by atoms with Crippen LogP contribution in [0.15, 0.2) is 48.8 Å². The van der Waals surface area contributed by atoms with Crippen molar-refractivity contribution in [2.24, 2.45) is 0 Å². The van der Waals surface area contributed by atoms with E-state index in [1.807, 2.05) is 42.5 Å².